The molecule has 1 aromatic heterocycles. The van der Waals surface area contributed by atoms with Crippen molar-refractivity contribution in [2.75, 3.05) is 0 Å². The van der Waals surface area contributed by atoms with Gasteiger partial charge in [0.05, 0.1) is 0 Å². The van der Waals surface area contributed by atoms with E-state index in [9.17, 15) is 13.6 Å². The molecule has 1 aromatic rings. The number of alkyl halides is 2. The average Bonchev–Trinajstić information content (AvgIpc) is 2.81. The molecule has 0 aliphatic heterocycles. The van der Waals surface area contributed by atoms with Gasteiger partial charge in [0.15, 0.2) is 0 Å². The van der Waals surface area contributed by atoms with Crippen LogP contribution in [-0.4, -0.2) is 21.9 Å². The second-order valence-electron chi connectivity index (χ2n) is 5.03. The number of amides is 1. The van der Waals surface area contributed by atoms with E-state index in [0.29, 0.717) is 11.6 Å². The number of nitrogens with one attached hydrogen (secondary N) is 1. The summed E-state index contributed by atoms with van der Waals surface area (Å²) >= 11 is 0. The van der Waals surface area contributed by atoms with E-state index < -0.39 is 6.43 Å². The van der Waals surface area contributed by atoms with E-state index in [4.69, 9.17) is 0 Å². The molecule has 0 saturated carbocycles. The van der Waals surface area contributed by atoms with E-state index in [1.807, 2.05) is 0 Å². The lowest BCUT2D eigenvalue weighted by atomic mass is 9.96. The maximum absolute atomic E-state index is 12.5. The van der Waals surface area contributed by atoms with Crippen LogP contribution in [0.2, 0.25) is 0 Å². The molecule has 1 aliphatic rings. The molecule has 0 radical (unpaired) electrons. The summed E-state index contributed by atoms with van der Waals surface area (Å²) in [6.45, 7) is 1.50. The van der Waals surface area contributed by atoms with Gasteiger partial charge < -0.3 is 0 Å². The molecule has 1 atom stereocenters. The molecule has 0 unspecified atom stereocenters. The van der Waals surface area contributed by atoms with Crippen LogP contribution in [0, 0.1) is 12.8 Å². The van der Waals surface area contributed by atoms with Crippen LogP contribution < -0.4 is 5.43 Å². The van der Waals surface area contributed by atoms with Gasteiger partial charge in [-0.3, -0.25) is 9.48 Å². The zero-order valence-corrected chi connectivity index (χ0v) is 11.8. The van der Waals surface area contributed by atoms with Gasteiger partial charge in [-0.2, -0.15) is 10.2 Å². The SMILES string of the molecule is Cc1cc(C(F)F)nn1CC(=O)N/N=C\[C@@H]1CC=CCC1. The second kappa shape index (κ2) is 7.10. The number of hydrazone groups is 1. The molecule has 1 aliphatic carbocycles. The number of carbonyl (C=O) groups is 1. The van der Waals surface area contributed by atoms with E-state index >= 15 is 0 Å². The lowest BCUT2D eigenvalue weighted by Gasteiger charge is -2.11. The molecule has 114 valence electrons. The van der Waals surface area contributed by atoms with Crippen molar-refractivity contribution in [2.45, 2.75) is 39.2 Å². The lowest BCUT2D eigenvalue weighted by Crippen LogP contribution is -2.25. The summed E-state index contributed by atoms with van der Waals surface area (Å²) in [6, 6.07) is 1.27. The van der Waals surface area contributed by atoms with Crippen LogP contribution in [0.4, 0.5) is 8.78 Å². The number of aromatic nitrogens is 2. The minimum atomic E-state index is -2.63. The summed E-state index contributed by atoms with van der Waals surface area (Å²) in [6.07, 6.45) is 6.28. The average molecular weight is 296 g/mol. The van der Waals surface area contributed by atoms with Crippen LogP contribution in [0.15, 0.2) is 23.3 Å². The molecule has 2 rings (SSSR count). The number of carbonyl (C=O) groups excluding carboxylic acids is 1. The number of rotatable bonds is 5. The van der Waals surface area contributed by atoms with Crippen LogP contribution >= 0.6 is 0 Å². The fraction of sp³-hybridized carbons (Fsp3) is 0.500. The molecule has 7 heteroatoms. The summed E-state index contributed by atoms with van der Waals surface area (Å²) in [5, 5.41) is 7.61. The van der Waals surface area contributed by atoms with Crippen LogP contribution in [0.5, 0.6) is 0 Å². The number of aryl methyl sites for hydroxylation is 1. The molecule has 0 spiro atoms. The molecular weight excluding hydrogens is 278 g/mol. The van der Waals surface area contributed by atoms with Gasteiger partial charge in [-0.25, -0.2) is 14.2 Å². The first-order valence-corrected chi connectivity index (χ1v) is 6.86. The van der Waals surface area contributed by atoms with E-state index in [2.05, 4.69) is 27.8 Å². The Labute approximate surface area is 121 Å². The molecule has 0 saturated heterocycles. The summed E-state index contributed by atoms with van der Waals surface area (Å²) in [7, 11) is 0. The summed E-state index contributed by atoms with van der Waals surface area (Å²) in [5.41, 5.74) is 2.60. The van der Waals surface area contributed by atoms with Gasteiger partial charge >= 0.3 is 0 Å². The van der Waals surface area contributed by atoms with Crippen LogP contribution in [0.3, 0.4) is 0 Å². The molecule has 0 fully saturated rings. The third-order valence-electron chi connectivity index (χ3n) is 3.30. The molecule has 1 heterocycles. The Morgan fingerprint density at radius 2 is 2.43 bits per heavy atom. The van der Waals surface area contributed by atoms with Crippen molar-refractivity contribution >= 4 is 12.1 Å². The van der Waals surface area contributed by atoms with Crippen LogP contribution in [0.1, 0.15) is 37.1 Å². The third-order valence-corrected chi connectivity index (χ3v) is 3.30. The first kappa shape index (κ1) is 15.3. The molecule has 21 heavy (non-hydrogen) atoms. The Kier molecular flexibility index (Phi) is 5.19. The van der Waals surface area contributed by atoms with Crippen molar-refractivity contribution < 1.29 is 13.6 Å². The number of allylic oxidation sites excluding steroid dienone is 2. The third kappa shape index (κ3) is 4.47. The van der Waals surface area contributed by atoms with Gasteiger partial charge in [0.25, 0.3) is 12.3 Å². The monoisotopic (exact) mass is 296 g/mol. The number of hydrogen-bond donors (Lipinski definition) is 1. The highest BCUT2D eigenvalue weighted by molar-refractivity contribution is 5.76. The molecule has 5 nitrogen and oxygen atoms in total. The zero-order chi connectivity index (χ0) is 15.2. The van der Waals surface area contributed by atoms with Crippen molar-refractivity contribution in [1.82, 2.24) is 15.2 Å². The predicted octanol–water partition coefficient (Wildman–Crippen LogP) is 2.59. The highest BCUT2D eigenvalue weighted by Gasteiger charge is 2.15. The van der Waals surface area contributed by atoms with Crippen molar-refractivity contribution in [3.05, 3.63) is 29.6 Å². The number of halogens is 2. The normalized spacial score (nSPS) is 18.6. The number of hydrogen-bond acceptors (Lipinski definition) is 3. The number of nitrogens with zero attached hydrogens (tertiary/aromatic N) is 3. The lowest BCUT2D eigenvalue weighted by molar-refractivity contribution is -0.121. The van der Waals surface area contributed by atoms with Crippen molar-refractivity contribution in [3.8, 4) is 0 Å². The van der Waals surface area contributed by atoms with Gasteiger partial charge in [0, 0.05) is 11.9 Å². The molecule has 0 aromatic carbocycles. The van der Waals surface area contributed by atoms with E-state index in [0.717, 1.165) is 19.3 Å². The highest BCUT2D eigenvalue weighted by atomic mass is 19.3. The molecule has 1 N–H and O–H groups in total. The maximum atomic E-state index is 12.5. The van der Waals surface area contributed by atoms with E-state index in [1.54, 1.807) is 13.1 Å². The predicted molar refractivity (Wildman–Crippen MR) is 75.0 cm³/mol. The second-order valence-corrected chi connectivity index (χ2v) is 5.03. The Bertz CT molecular complexity index is 551. The van der Waals surface area contributed by atoms with Crippen LogP contribution in [-0.2, 0) is 11.3 Å². The summed E-state index contributed by atoms with van der Waals surface area (Å²) < 4.78 is 26.2. The first-order valence-electron chi connectivity index (χ1n) is 6.86. The van der Waals surface area contributed by atoms with Gasteiger partial charge in [0.1, 0.15) is 12.2 Å². The van der Waals surface area contributed by atoms with Gasteiger partial charge in [0.2, 0.25) is 0 Å². The van der Waals surface area contributed by atoms with Gasteiger partial charge in [-0.05, 0) is 38.2 Å². The van der Waals surface area contributed by atoms with Crippen molar-refractivity contribution in [3.63, 3.8) is 0 Å². The Hall–Kier alpha value is -2.05. The zero-order valence-electron chi connectivity index (χ0n) is 11.8. The van der Waals surface area contributed by atoms with E-state index in [-0.39, 0.29) is 18.1 Å². The minimum absolute atomic E-state index is 0.125. The van der Waals surface area contributed by atoms with Crippen LogP contribution in [0.25, 0.3) is 0 Å². The summed E-state index contributed by atoms with van der Waals surface area (Å²) in [4.78, 5) is 11.7. The van der Waals surface area contributed by atoms with E-state index in [1.165, 1.54) is 10.7 Å². The van der Waals surface area contributed by atoms with Crippen molar-refractivity contribution in [2.24, 2.45) is 11.0 Å². The smallest absolute Gasteiger partial charge is 0.271 e. The van der Waals surface area contributed by atoms with Gasteiger partial charge in [-0.15, -0.1) is 0 Å². The standard InChI is InChI=1S/C14H18F2N4O/c1-10-7-12(14(15)16)19-20(10)9-13(21)18-17-8-11-5-3-2-4-6-11/h2-3,7-8,11,14H,4-6,9H2,1H3,(H,18,21)/b17-8-/t11-/m1/s1. The topological polar surface area (TPSA) is 59.3 Å². The molecular formula is C14H18F2N4O. The quantitative estimate of drug-likeness (QED) is 0.516. The molecule has 0 bridgehead atoms. The Balaban J connectivity index is 1.84. The fourth-order valence-electron chi connectivity index (χ4n) is 2.14. The van der Waals surface area contributed by atoms with Gasteiger partial charge in [-0.1, -0.05) is 12.2 Å². The van der Waals surface area contributed by atoms with Crippen molar-refractivity contribution in [1.29, 1.82) is 0 Å². The Morgan fingerprint density at radius 1 is 1.62 bits per heavy atom. The summed E-state index contributed by atoms with van der Waals surface area (Å²) in [5.74, 6) is -0.0446. The first-order chi connectivity index (χ1) is 10.1. The largest absolute Gasteiger partial charge is 0.282 e. The molecule has 1 amide bonds. The fourth-order valence-corrected chi connectivity index (χ4v) is 2.14. The Morgan fingerprint density at radius 3 is 3.05 bits per heavy atom. The highest BCUT2D eigenvalue weighted by Crippen LogP contribution is 2.18. The minimum Gasteiger partial charge on any atom is -0.271 e. The maximum Gasteiger partial charge on any atom is 0.282 e.